The van der Waals surface area contributed by atoms with Gasteiger partial charge in [0.05, 0.1) is 11.8 Å². The van der Waals surface area contributed by atoms with E-state index in [1.807, 2.05) is 0 Å². The van der Waals surface area contributed by atoms with Gasteiger partial charge < -0.3 is 14.9 Å². The van der Waals surface area contributed by atoms with E-state index in [1.165, 1.54) is 54.6 Å². The molecule has 2 heterocycles. The predicted octanol–water partition coefficient (Wildman–Crippen LogP) is 5.59. The Morgan fingerprint density at radius 1 is 0.895 bits per heavy atom. The van der Waals surface area contributed by atoms with Crippen LogP contribution in [0.2, 0.25) is 0 Å². The first-order chi connectivity index (χ1) is 18.0. The molecule has 198 valence electrons. The summed E-state index contributed by atoms with van der Waals surface area (Å²) < 4.78 is 75.2. The van der Waals surface area contributed by atoms with Crippen LogP contribution in [0.5, 0.6) is 11.5 Å². The molecule has 0 aliphatic carbocycles. The van der Waals surface area contributed by atoms with Crippen molar-refractivity contribution in [1.82, 2.24) is 0 Å². The molecule has 1 saturated heterocycles. The van der Waals surface area contributed by atoms with Crippen molar-refractivity contribution in [3.63, 3.8) is 0 Å². The van der Waals surface area contributed by atoms with Gasteiger partial charge in [0.15, 0.2) is 0 Å². The van der Waals surface area contributed by atoms with Gasteiger partial charge >= 0.3 is 6.18 Å². The lowest BCUT2D eigenvalue weighted by molar-refractivity contribution is -0.117. The molecule has 3 aromatic rings. The fraction of sp³-hybridized carbons (Fsp3) is 0.214. The Balaban J connectivity index is 1.60. The minimum absolute atomic E-state index is 0.00750. The average Bonchev–Trinajstić information content (AvgIpc) is 3.48. The first kappa shape index (κ1) is 25.9. The van der Waals surface area contributed by atoms with E-state index in [0.717, 1.165) is 0 Å². The van der Waals surface area contributed by atoms with Crippen molar-refractivity contribution in [3.8, 4) is 11.5 Å². The molecule has 6 nitrogen and oxygen atoms in total. The molecular formula is C28H24F3NO5S. The van der Waals surface area contributed by atoms with Gasteiger partial charge in [-0.25, -0.2) is 8.42 Å². The van der Waals surface area contributed by atoms with Gasteiger partial charge in [-0.05, 0) is 70.7 Å². The molecule has 2 bridgehead atoms. The fourth-order valence-electron chi connectivity index (χ4n) is 5.07. The maximum atomic E-state index is 13.9. The van der Waals surface area contributed by atoms with Crippen LogP contribution >= 0.6 is 0 Å². The quantitative estimate of drug-likeness (QED) is 0.406. The highest BCUT2D eigenvalue weighted by Crippen LogP contribution is 2.51. The molecule has 3 aromatic carbocycles. The van der Waals surface area contributed by atoms with Crippen LogP contribution in [0.25, 0.3) is 17.2 Å². The van der Waals surface area contributed by atoms with E-state index in [4.69, 9.17) is 4.74 Å². The van der Waals surface area contributed by atoms with Crippen molar-refractivity contribution in [1.29, 1.82) is 0 Å². The normalized spacial score (nSPS) is 21.1. The summed E-state index contributed by atoms with van der Waals surface area (Å²) in [5.41, 5.74) is 3.03. The summed E-state index contributed by atoms with van der Waals surface area (Å²) in [4.78, 5) is 0. The Hall–Kier alpha value is -3.76. The van der Waals surface area contributed by atoms with Crippen molar-refractivity contribution >= 4 is 32.9 Å². The first-order valence-electron chi connectivity index (χ1n) is 11.8. The van der Waals surface area contributed by atoms with Gasteiger partial charge in [-0.1, -0.05) is 49.1 Å². The van der Waals surface area contributed by atoms with Crippen LogP contribution in [-0.4, -0.2) is 48.8 Å². The molecule has 0 radical (unpaired) electrons. The summed E-state index contributed by atoms with van der Waals surface area (Å²) >= 11 is 0. The third-order valence-electron chi connectivity index (χ3n) is 6.78. The Kier molecular flexibility index (Phi) is 6.48. The number of nitrogens with zero attached hydrogens (tertiary/aromatic N) is 1. The largest absolute Gasteiger partial charge is 0.508 e. The molecule has 0 spiro atoms. The number of halogens is 3. The van der Waals surface area contributed by atoms with Gasteiger partial charge in [-0.15, -0.1) is 0 Å². The number of fused-ring (bicyclic) bond motifs is 2. The summed E-state index contributed by atoms with van der Waals surface area (Å²) in [7, 11) is -4.56. The number of hydrogen-bond donors (Lipinski definition) is 2. The van der Waals surface area contributed by atoms with E-state index in [2.05, 4.69) is 6.58 Å². The summed E-state index contributed by atoms with van der Waals surface area (Å²) in [5.74, 6) is 0.0587. The van der Waals surface area contributed by atoms with Crippen LogP contribution < -0.4 is 4.31 Å². The Morgan fingerprint density at radius 3 is 1.92 bits per heavy atom. The molecule has 2 N–H and O–H groups in total. The molecule has 3 atom stereocenters. The first-order valence-corrected chi connectivity index (χ1v) is 13.3. The summed E-state index contributed by atoms with van der Waals surface area (Å²) in [6, 6.07) is 18.1. The third kappa shape index (κ3) is 4.77. The maximum absolute atomic E-state index is 13.9. The number of hydrogen-bond acceptors (Lipinski definition) is 5. The van der Waals surface area contributed by atoms with Crippen LogP contribution in [0.15, 0.2) is 79.4 Å². The van der Waals surface area contributed by atoms with Gasteiger partial charge in [0.25, 0.3) is 0 Å². The molecular weight excluding hydrogens is 519 g/mol. The highest BCUT2D eigenvalue weighted by atomic mass is 32.2. The van der Waals surface area contributed by atoms with Gasteiger partial charge in [0.2, 0.25) is 10.0 Å². The zero-order valence-corrected chi connectivity index (χ0v) is 20.8. The Labute approximate surface area is 218 Å². The van der Waals surface area contributed by atoms with E-state index < -0.39 is 40.2 Å². The monoisotopic (exact) mass is 543 g/mol. The third-order valence-corrected chi connectivity index (χ3v) is 8.94. The van der Waals surface area contributed by atoms with E-state index in [0.29, 0.717) is 32.1 Å². The van der Waals surface area contributed by atoms with E-state index in [-0.39, 0.29) is 23.6 Å². The van der Waals surface area contributed by atoms with Gasteiger partial charge in [-0.3, -0.25) is 4.31 Å². The van der Waals surface area contributed by atoms with E-state index in [1.54, 1.807) is 24.3 Å². The smallest absolute Gasteiger partial charge is 0.407 e. The number of aromatic hydroxyl groups is 2. The number of sulfonamides is 1. The van der Waals surface area contributed by atoms with E-state index in [9.17, 15) is 31.8 Å². The zero-order chi connectivity index (χ0) is 27.2. The number of phenols is 2. The standard InChI is InChI=1S/C28H24F3NO5S/c1-2-17-3-9-20(10-4-17)32(16-28(29,30)31)38(35,36)24-15-23-25(18-5-11-21(33)12-6-18)26(27(24)37-23)19-7-13-22(34)14-8-19/h2-14,23-24,27,33-34H,1,15-16H2/t23-,24+,27+/m0/s1. The zero-order valence-electron chi connectivity index (χ0n) is 20.0. The molecule has 38 heavy (non-hydrogen) atoms. The average molecular weight is 544 g/mol. The van der Waals surface area contributed by atoms with Gasteiger partial charge in [0, 0.05) is 0 Å². The number of benzene rings is 3. The topological polar surface area (TPSA) is 87.1 Å². The van der Waals surface area contributed by atoms with Crippen molar-refractivity contribution < 1.29 is 36.5 Å². The second-order valence-electron chi connectivity index (χ2n) is 9.20. The maximum Gasteiger partial charge on any atom is 0.407 e. The molecule has 0 unspecified atom stereocenters. The molecule has 2 aliphatic heterocycles. The second-order valence-corrected chi connectivity index (χ2v) is 11.3. The van der Waals surface area contributed by atoms with Crippen LogP contribution in [0, 0.1) is 0 Å². The number of rotatable bonds is 7. The predicted molar refractivity (Wildman–Crippen MR) is 139 cm³/mol. The Morgan fingerprint density at radius 2 is 1.42 bits per heavy atom. The van der Waals surface area contributed by atoms with Crippen molar-refractivity contribution in [2.45, 2.75) is 30.1 Å². The van der Waals surface area contributed by atoms with E-state index >= 15 is 0 Å². The molecule has 0 aromatic heterocycles. The summed E-state index contributed by atoms with van der Waals surface area (Å²) in [5, 5.41) is 18.2. The Bertz CT molecular complexity index is 1480. The van der Waals surface area contributed by atoms with Gasteiger partial charge in [0.1, 0.15) is 29.4 Å². The molecule has 0 amide bonds. The van der Waals surface area contributed by atoms with Crippen molar-refractivity contribution in [2.75, 3.05) is 10.8 Å². The summed E-state index contributed by atoms with van der Waals surface area (Å²) in [6.45, 7) is 1.94. The number of anilines is 1. The minimum atomic E-state index is -4.78. The molecule has 10 heteroatoms. The van der Waals surface area contributed by atoms with Crippen LogP contribution in [0.4, 0.5) is 18.9 Å². The van der Waals surface area contributed by atoms with Crippen LogP contribution in [0.1, 0.15) is 23.1 Å². The van der Waals surface area contributed by atoms with Crippen LogP contribution in [0.3, 0.4) is 0 Å². The van der Waals surface area contributed by atoms with Crippen molar-refractivity contribution in [2.24, 2.45) is 0 Å². The van der Waals surface area contributed by atoms with Crippen LogP contribution in [-0.2, 0) is 14.8 Å². The molecule has 5 rings (SSSR count). The fourth-order valence-corrected chi connectivity index (χ4v) is 7.07. The highest BCUT2D eigenvalue weighted by Gasteiger charge is 2.55. The highest BCUT2D eigenvalue weighted by molar-refractivity contribution is 7.93. The van der Waals surface area contributed by atoms with Crippen molar-refractivity contribution in [3.05, 3.63) is 96.1 Å². The minimum Gasteiger partial charge on any atom is -0.508 e. The number of phenolic OH excluding ortho intramolecular Hbond substituents is 2. The van der Waals surface area contributed by atoms with Gasteiger partial charge in [-0.2, -0.15) is 13.2 Å². The summed E-state index contributed by atoms with van der Waals surface area (Å²) in [6.07, 6.45) is -5.04. The molecule has 0 saturated carbocycles. The second kappa shape index (κ2) is 9.52. The number of ether oxygens (including phenoxy) is 1. The lowest BCUT2D eigenvalue weighted by Crippen LogP contribution is -2.47. The number of alkyl halides is 3. The molecule has 2 aliphatic rings. The lowest BCUT2D eigenvalue weighted by atomic mass is 9.83. The molecule has 1 fully saturated rings. The lowest BCUT2D eigenvalue weighted by Gasteiger charge is -2.32. The SMILES string of the molecule is C=Cc1ccc(N(CC(F)(F)F)S(=O)(=O)[C@@H]2C[C@@H]3O[C@H]2C(c2ccc(O)cc2)=C3c2ccc(O)cc2)cc1.